The molecule has 1 aromatic heterocycles. The summed E-state index contributed by atoms with van der Waals surface area (Å²) in [5.74, 6) is 0.609. The molecule has 100 valence electrons. The monoisotopic (exact) mass is 259 g/mol. The average molecular weight is 259 g/mol. The molecule has 0 aliphatic carbocycles. The number of aryl methyl sites for hydroxylation is 1. The van der Waals surface area contributed by atoms with E-state index in [0.717, 1.165) is 31.6 Å². The molecule has 2 rings (SSSR count). The fourth-order valence-corrected chi connectivity index (χ4v) is 2.26. The number of piperidine rings is 1. The van der Waals surface area contributed by atoms with Crippen molar-refractivity contribution in [3.05, 3.63) is 23.4 Å². The van der Waals surface area contributed by atoms with Crippen molar-refractivity contribution in [2.45, 2.75) is 32.0 Å². The van der Waals surface area contributed by atoms with Gasteiger partial charge in [0.1, 0.15) is 5.82 Å². The van der Waals surface area contributed by atoms with Crippen molar-refractivity contribution in [2.24, 2.45) is 5.73 Å². The molecule has 1 atom stereocenters. The lowest BCUT2D eigenvalue weighted by Crippen LogP contribution is -2.43. The van der Waals surface area contributed by atoms with E-state index >= 15 is 0 Å². The Hall–Kier alpha value is -1.30. The van der Waals surface area contributed by atoms with Crippen LogP contribution in [-0.4, -0.2) is 24.1 Å². The highest BCUT2D eigenvalue weighted by molar-refractivity contribution is 5.48. The molecule has 0 bridgehead atoms. The third kappa shape index (κ3) is 2.75. The van der Waals surface area contributed by atoms with Crippen LogP contribution in [0.3, 0.4) is 0 Å². The maximum atomic E-state index is 12.5. The highest BCUT2D eigenvalue weighted by atomic mass is 19.4. The molecular weight excluding hydrogens is 243 g/mol. The van der Waals surface area contributed by atoms with Gasteiger partial charge in [0.05, 0.1) is 5.56 Å². The van der Waals surface area contributed by atoms with Crippen LogP contribution in [0.25, 0.3) is 0 Å². The Morgan fingerprint density at radius 2 is 2.17 bits per heavy atom. The fraction of sp³-hybridized carbons (Fsp3) is 0.583. The summed E-state index contributed by atoms with van der Waals surface area (Å²) < 4.78 is 37.6. The molecule has 18 heavy (non-hydrogen) atoms. The summed E-state index contributed by atoms with van der Waals surface area (Å²) in [6, 6.07) is 1.21. The van der Waals surface area contributed by atoms with Crippen molar-refractivity contribution in [1.82, 2.24) is 4.98 Å². The number of aromatic nitrogens is 1. The molecule has 2 heterocycles. The summed E-state index contributed by atoms with van der Waals surface area (Å²) in [5.41, 5.74) is 5.70. The maximum Gasteiger partial charge on any atom is 0.417 e. The van der Waals surface area contributed by atoms with Crippen molar-refractivity contribution >= 4 is 5.82 Å². The van der Waals surface area contributed by atoms with E-state index in [1.165, 1.54) is 0 Å². The molecule has 2 N–H and O–H groups in total. The number of alkyl halides is 3. The third-order valence-electron chi connectivity index (χ3n) is 3.14. The molecule has 0 radical (unpaired) electrons. The second kappa shape index (κ2) is 4.76. The second-order valence-electron chi connectivity index (χ2n) is 4.71. The van der Waals surface area contributed by atoms with Crippen LogP contribution in [0.5, 0.6) is 0 Å². The van der Waals surface area contributed by atoms with Crippen LogP contribution in [0.4, 0.5) is 19.0 Å². The zero-order valence-electron chi connectivity index (χ0n) is 10.2. The molecule has 0 spiro atoms. The normalized spacial score (nSPS) is 21.2. The van der Waals surface area contributed by atoms with Gasteiger partial charge in [-0.25, -0.2) is 4.98 Å². The van der Waals surface area contributed by atoms with Crippen LogP contribution < -0.4 is 10.6 Å². The molecule has 0 unspecified atom stereocenters. The number of hydrogen-bond donors (Lipinski definition) is 1. The summed E-state index contributed by atoms with van der Waals surface area (Å²) in [6.07, 6.45) is -1.55. The second-order valence-corrected chi connectivity index (χ2v) is 4.71. The van der Waals surface area contributed by atoms with Gasteiger partial charge in [-0.1, -0.05) is 0 Å². The summed E-state index contributed by atoms with van der Waals surface area (Å²) in [4.78, 5) is 5.92. The zero-order chi connectivity index (χ0) is 13.3. The summed E-state index contributed by atoms with van der Waals surface area (Å²) in [7, 11) is 0. The predicted octanol–water partition coefficient (Wildman–Crippen LogP) is 2.34. The van der Waals surface area contributed by atoms with E-state index < -0.39 is 11.7 Å². The smallest absolute Gasteiger partial charge is 0.355 e. The maximum absolute atomic E-state index is 12.5. The van der Waals surface area contributed by atoms with E-state index in [1.807, 2.05) is 4.90 Å². The number of nitrogens with two attached hydrogens (primary N) is 1. The Bertz CT molecular complexity index is 431. The molecular formula is C12H16F3N3. The van der Waals surface area contributed by atoms with Crippen molar-refractivity contribution < 1.29 is 13.2 Å². The van der Waals surface area contributed by atoms with Crippen LogP contribution >= 0.6 is 0 Å². The first kappa shape index (κ1) is 13.1. The van der Waals surface area contributed by atoms with Gasteiger partial charge in [-0.05, 0) is 31.4 Å². The van der Waals surface area contributed by atoms with Crippen molar-refractivity contribution in [3.63, 3.8) is 0 Å². The number of hydrogen-bond acceptors (Lipinski definition) is 3. The molecule has 0 saturated carbocycles. The zero-order valence-corrected chi connectivity index (χ0v) is 10.2. The van der Waals surface area contributed by atoms with E-state index in [0.29, 0.717) is 17.9 Å². The largest absolute Gasteiger partial charge is 0.417 e. The van der Waals surface area contributed by atoms with Crippen LogP contribution in [0, 0.1) is 6.92 Å². The Labute approximate surface area is 104 Å². The van der Waals surface area contributed by atoms with E-state index in [-0.39, 0.29) is 6.04 Å². The van der Waals surface area contributed by atoms with Gasteiger partial charge in [0, 0.05) is 25.3 Å². The SMILES string of the molecule is Cc1cc(C(F)(F)F)cnc1N1CCC[C@@H](N)C1. The highest BCUT2D eigenvalue weighted by Gasteiger charge is 2.32. The van der Waals surface area contributed by atoms with Gasteiger partial charge in [-0.2, -0.15) is 13.2 Å². The molecule has 6 heteroatoms. The quantitative estimate of drug-likeness (QED) is 0.841. The molecule has 1 fully saturated rings. The fourth-order valence-electron chi connectivity index (χ4n) is 2.26. The van der Waals surface area contributed by atoms with Crippen molar-refractivity contribution in [1.29, 1.82) is 0 Å². The summed E-state index contributed by atoms with van der Waals surface area (Å²) in [5, 5.41) is 0. The Kier molecular flexibility index (Phi) is 3.47. The molecule has 3 nitrogen and oxygen atoms in total. The Morgan fingerprint density at radius 3 is 2.72 bits per heavy atom. The number of nitrogens with zero attached hydrogens (tertiary/aromatic N) is 2. The van der Waals surface area contributed by atoms with Crippen molar-refractivity contribution in [3.8, 4) is 0 Å². The van der Waals surface area contributed by atoms with Crippen LogP contribution in [0.2, 0.25) is 0 Å². The number of pyridine rings is 1. The Morgan fingerprint density at radius 1 is 1.44 bits per heavy atom. The highest BCUT2D eigenvalue weighted by Crippen LogP contribution is 2.31. The van der Waals surface area contributed by atoms with Gasteiger partial charge in [0.15, 0.2) is 0 Å². The molecule has 1 aromatic rings. The molecule has 0 aromatic carbocycles. The topological polar surface area (TPSA) is 42.2 Å². The van der Waals surface area contributed by atoms with E-state index in [4.69, 9.17) is 5.73 Å². The molecule has 0 amide bonds. The first-order chi connectivity index (χ1) is 8.38. The van der Waals surface area contributed by atoms with Gasteiger partial charge >= 0.3 is 6.18 Å². The molecule has 1 aliphatic heterocycles. The summed E-state index contributed by atoms with van der Waals surface area (Å²) >= 11 is 0. The Balaban J connectivity index is 2.24. The van der Waals surface area contributed by atoms with Gasteiger partial charge in [0.25, 0.3) is 0 Å². The first-order valence-corrected chi connectivity index (χ1v) is 5.92. The average Bonchev–Trinajstić information content (AvgIpc) is 2.27. The van der Waals surface area contributed by atoms with Gasteiger partial charge in [0.2, 0.25) is 0 Å². The minimum Gasteiger partial charge on any atom is -0.355 e. The van der Waals surface area contributed by atoms with Crippen molar-refractivity contribution in [2.75, 3.05) is 18.0 Å². The molecule has 1 aliphatic rings. The van der Waals surface area contributed by atoms with E-state index in [9.17, 15) is 13.2 Å². The third-order valence-corrected chi connectivity index (χ3v) is 3.14. The van der Waals surface area contributed by atoms with Gasteiger partial charge in [-0.3, -0.25) is 0 Å². The predicted molar refractivity (Wildman–Crippen MR) is 63.4 cm³/mol. The molecule has 1 saturated heterocycles. The number of halogens is 3. The van der Waals surface area contributed by atoms with Gasteiger partial charge < -0.3 is 10.6 Å². The lowest BCUT2D eigenvalue weighted by Gasteiger charge is -2.32. The summed E-state index contributed by atoms with van der Waals surface area (Å²) in [6.45, 7) is 3.10. The number of rotatable bonds is 1. The lowest BCUT2D eigenvalue weighted by molar-refractivity contribution is -0.137. The van der Waals surface area contributed by atoms with Crippen LogP contribution in [0.1, 0.15) is 24.0 Å². The number of anilines is 1. The minimum absolute atomic E-state index is 0.0715. The van der Waals surface area contributed by atoms with E-state index in [2.05, 4.69) is 4.98 Å². The minimum atomic E-state index is -4.34. The van der Waals surface area contributed by atoms with Gasteiger partial charge in [-0.15, -0.1) is 0 Å². The lowest BCUT2D eigenvalue weighted by atomic mass is 10.1. The van der Waals surface area contributed by atoms with Crippen LogP contribution in [0.15, 0.2) is 12.3 Å². The van der Waals surface area contributed by atoms with Crippen LogP contribution in [-0.2, 0) is 6.18 Å². The standard InChI is InChI=1S/C12H16F3N3/c1-8-5-9(12(13,14)15)6-17-11(8)18-4-2-3-10(16)7-18/h5-6,10H,2-4,7,16H2,1H3/t10-/m1/s1. The van der Waals surface area contributed by atoms with E-state index in [1.54, 1.807) is 6.92 Å². The first-order valence-electron chi connectivity index (χ1n) is 5.92.